The second-order valence-corrected chi connectivity index (χ2v) is 7.74. The molecule has 1 aliphatic carbocycles. The third-order valence-corrected chi connectivity index (χ3v) is 5.62. The summed E-state index contributed by atoms with van der Waals surface area (Å²) in [7, 11) is 0. The molecule has 1 N–H and O–H groups in total. The highest BCUT2D eigenvalue weighted by Gasteiger charge is 2.39. The van der Waals surface area contributed by atoms with E-state index in [9.17, 15) is 9.59 Å². The molecule has 3 fully saturated rings. The fourth-order valence-corrected chi connectivity index (χ4v) is 4.05. The van der Waals surface area contributed by atoms with E-state index in [-0.39, 0.29) is 17.7 Å². The van der Waals surface area contributed by atoms with Crippen LogP contribution >= 0.6 is 0 Å². The van der Waals surface area contributed by atoms with Crippen LogP contribution in [0.3, 0.4) is 0 Å². The molecule has 6 nitrogen and oxygen atoms in total. The molecule has 2 saturated heterocycles. The van der Waals surface area contributed by atoms with E-state index < -0.39 is 0 Å². The normalized spacial score (nSPS) is 27.8. The summed E-state index contributed by atoms with van der Waals surface area (Å²) in [5.41, 5.74) is 2.12. The molecule has 2 aliphatic heterocycles. The van der Waals surface area contributed by atoms with Crippen molar-refractivity contribution in [3.05, 3.63) is 17.5 Å². The number of hydrogen-bond donors (Lipinski definition) is 1. The number of nitrogens with zero attached hydrogens (tertiary/aromatic N) is 3. The summed E-state index contributed by atoms with van der Waals surface area (Å²) >= 11 is 0. The van der Waals surface area contributed by atoms with Crippen LogP contribution in [0, 0.1) is 18.8 Å². The quantitative estimate of drug-likeness (QED) is 0.913. The molecule has 24 heavy (non-hydrogen) atoms. The van der Waals surface area contributed by atoms with Crippen LogP contribution in [0.2, 0.25) is 0 Å². The number of carbonyl (C=O) groups excluding carboxylic acids is 2. The van der Waals surface area contributed by atoms with Crippen molar-refractivity contribution >= 4 is 11.8 Å². The molecular formula is C18H26N4O2. The summed E-state index contributed by atoms with van der Waals surface area (Å²) in [4.78, 5) is 28.9. The van der Waals surface area contributed by atoms with E-state index in [0.29, 0.717) is 24.8 Å². The molecule has 1 aromatic heterocycles. The highest BCUT2D eigenvalue weighted by Crippen LogP contribution is 2.33. The Morgan fingerprint density at radius 3 is 2.88 bits per heavy atom. The molecule has 6 heteroatoms. The van der Waals surface area contributed by atoms with Gasteiger partial charge in [-0.2, -0.15) is 5.10 Å². The molecular weight excluding hydrogens is 304 g/mol. The Kier molecular flexibility index (Phi) is 4.06. The fraction of sp³-hybridized carbons (Fsp3) is 0.722. The van der Waals surface area contributed by atoms with Crippen LogP contribution < -0.4 is 0 Å². The molecule has 2 atom stereocenters. The van der Waals surface area contributed by atoms with Gasteiger partial charge in [-0.05, 0) is 44.6 Å². The van der Waals surface area contributed by atoms with Gasteiger partial charge in [-0.15, -0.1) is 0 Å². The Bertz CT molecular complexity index is 637. The first-order valence-electron chi connectivity index (χ1n) is 9.18. The van der Waals surface area contributed by atoms with Gasteiger partial charge < -0.3 is 9.80 Å². The van der Waals surface area contributed by atoms with Crippen LogP contribution in [0.15, 0.2) is 6.07 Å². The monoisotopic (exact) mass is 330 g/mol. The van der Waals surface area contributed by atoms with Crippen molar-refractivity contribution in [1.29, 1.82) is 0 Å². The average Bonchev–Trinajstić information content (AvgIpc) is 3.18. The molecule has 0 spiro atoms. The number of H-pyrrole nitrogens is 1. The third kappa shape index (κ3) is 3.19. The van der Waals surface area contributed by atoms with Gasteiger partial charge in [-0.1, -0.05) is 0 Å². The van der Waals surface area contributed by atoms with E-state index in [1.807, 2.05) is 16.7 Å². The van der Waals surface area contributed by atoms with Crippen LogP contribution in [0.4, 0.5) is 0 Å². The van der Waals surface area contributed by atoms with E-state index in [0.717, 1.165) is 43.9 Å². The summed E-state index contributed by atoms with van der Waals surface area (Å²) in [6, 6.07) is 2.08. The van der Waals surface area contributed by atoms with Crippen molar-refractivity contribution in [2.24, 2.45) is 11.8 Å². The number of piperidine rings is 1. The highest BCUT2D eigenvalue weighted by molar-refractivity contribution is 5.89. The molecule has 130 valence electrons. The van der Waals surface area contributed by atoms with E-state index >= 15 is 0 Å². The zero-order valence-electron chi connectivity index (χ0n) is 14.3. The Morgan fingerprint density at radius 2 is 2.17 bits per heavy atom. The molecule has 4 rings (SSSR count). The zero-order chi connectivity index (χ0) is 16.7. The van der Waals surface area contributed by atoms with Crippen LogP contribution in [0.25, 0.3) is 0 Å². The molecule has 0 aromatic carbocycles. The van der Waals surface area contributed by atoms with Crippen molar-refractivity contribution in [3.8, 4) is 0 Å². The minimum Gasteiger partial charge on any atom is -0.342 e. The van der Waals surface area contributed by atoms with Crippen LogP contribution in [0.1, 0.15) is 49.4 Å². The number of likely N-dealkylation sites (tertiary alicyclic amines) is 2. The lowest BCUT2D eigenvalue weighted by atomic mass is 9.93. The summed E-state index contributed by atoms with van der Waals surface area (Å²) in [6.45, 7) is 5.03. The predicted octanol–water partition coefficient (Wildman–Crippen LogP) is 1.68. The number of rotatable bonds is 4. The van der Waals surface area contributed by atoms with Gasteiger partial charge in [-0.3, -0.25) is 14.7 Å². The van der Waals surface area contributed by atoms with Gasteiger partial charge in [0.1, 0.15) is 0 Å². The molecule has 1 aromatic rings. The Hall–Kier alpha value is -1.85. The Labute approximate surface area is 142 Å². The van der Waals surface area contributed by atoms with Crippen molar-refractivity contribution in [3.63, 3.8) is 0 Å². The van der Waals surface area contributed by atoms with Gasteiger partial charge in [0.2, 0.25) is 11.8 Å². The molecule has 3 aliphatic rings. The standard InChI is InChI=1S/C18H26N4O2/c1-12-7-16(20-19-12)14-3-2-6-21(10-14)18(24)15-8-17(23)22(11-15)9-13-4-5-13/h7,13-15H,2-6,8-11H2,1H3,(H,19,20). The topological polar surface area (TPSA) is 69.3 Å². The second-order valence-electron chi connectivity index (χ2n) is 7.74. The van der Waals surface area contributed by atoms with Gasteiger partial charge in [0.15, 0.2) is 0 Å². The lowest BCUT2D eigenvalue weighted by molar-refractivity contribution is -0.137. The molecule has 0 bridgehead atoms. The minimum absolute atomic E-state index is 0.143. The van der Waals surface area contributed by atoms with E-state index in [4.69, 9.17) is 0 Å². The summed E-state index contributed by atoms with van der Waals surface area (Å²) in [5, 5.41) is 7.37. The fourth-order valence-electron chi connectivity index (χ4n) is 4.05. The number of hydrogen-bond acceptors (Lipinski definition) is 3. The molecule has 3 heterocycles. The van der Waals surface area contributed by atoms with Crippen LogP contribution in [-0.2, 0) is 9.59 Å². The lowest BCUT2D eigenvalue weighted by Gasteiger charge is -2.33. The second kappa shape index (κ2) is 6.22. The SMILES string of the molecule is Cc1cc(C2CCCN(C(=O)C3CC(=O)N(CC4CC4)C3)C2)n[nH]1. The lowest BCUT2D eigenvalue weighted by Crippen LogP contribution is -2.43. The van der Waals surface area contributed by atoms with Crippen molar-refractivity contribution in [1.82, 2.24) is 20.0 Å². The first-order chi connectivity index (χ1) is 11.6. The number of carbonyl (C=O) groups is 2. The maximum atomic E-state index is 12.9. The van der Waals surface area contributed by atoms with Gasteiger partial charge in [0.25, 0.3) is 0 Å². The van der Waals surface area contributed by atoms with E-state index in [1.54, 1.807) is 0 Å². The summed E-state index contributed by atoms with van der Waals surface area (Å²) in [6.07, 6.45) is 4.95. The maximum Gasteiger partial charge on any atom is 0.228 e. The number of aryl methyl sites for hydroxylation is 1. The first kappa shape index (κ1) is 15.7. The molecule has 2 unspecified atom stereocenters. The van der Waals surface area contributed by atoms with E-state index in [1.165, 1.54) is 12.8 Å². The predicted molar refractivity (Wildman–Crippen MR) is 89.3 cm³/mol. The van der Waals surface area contributed by atoms with Gasteiger partial charge in [0.05, 0.1) is 11.6 Å². The maximum absolute atomic E-state index is 12.9. The van der Waals surface area contributed by atoms with Crippen molar-refractivity contribution in [2.75, 3.05) is 26.2 Å². The van der Waals surface area contributed by atoms with Crippen molar-refractivity contribution in [2.45, 2.75) is 44.9 Å². The molecule has 1 saturated carbocycles. The number of amides is 2. The number of aromatic amines is 1. The first-order valence-corrected chi connectivity index (χ1v) is 9.18. The Balaban J connectivity index is 1.38. The number of aromatic nitrogens is 2. The smallest absolute Gasteiger partial charge is 0.228 e. The summed E-state index contributed by atoms with van der Waals surface area (Å²) in [5.74, 6) is 1.18. The van der Waals surface area contributed by atoms with Gasteiger partial charge in [-0.25, -0.2) is 0 Å². The molecule has 0 radical (unpaired) electrons. The van der Waals surface area contributed by atoms with E-state index in [2.05, 4.69) is 16.3 Å². The van der Waals surface area contributed by atoms with Gasteiger partial charge in [0, 0.05) is 44.2 Å². The average molecular weight is 330 g/mol. The largest absolute Gasteiger partial charge is 0.342 e. The molecule has 2 amide bonds. The van der Waals surface area contributed by atoms with Crippen LogP contribution in [0.5, 0.6) is 0 Å². The number of nitrogens with one attached hydrogen (secondary N) is 1. The minimum atomic E-state index is -0.143. The van der Waals surface area contributed by atoms with Gasteiger partial charge >= 0.3 is 0 Å². The van der Waals surface area contributed by atoms with Crippen molar-refractivity contribution < 1.29 is 9.59 Å². The highest BCUT2D eigenvalue weighted by atomic mass is 16.2. The summed E-state index contributed by atoms with van der Waals surface area (Å²) < 4.78 is 0. The third-order valence-electron chi connectivity index (χ3n) is 5.62. The zero-order valence-corrected chi connectivity index (χ0v) is 14.3. The van der Waals surface area contributed by atoms with Crippen LogP contribution in [-0.4, -0.2) is 58.0 Å². The Morgan fingerprint density at radius 1 is 1.33 bits per heavy atom.